The molecule has 0 radical (unpaired) electrons. The molecule has 0 atom stereocenters. The Labute approximate surface area is 146 Å². The van der Waals surface area contributed by atoms with Crippen LogP contribution in [0.1, 0.15) is 0 Å². The highest BCUT2D eigenvalue weighted by Crippen LogP contribution is 2.40. The lowest BCUT2D eigenvalue weighted by Crippen LogP contribution is -2.11. The molecule has 6 nitrogen and oxygen atoms in total. The van der Waals surface area contributed by atoms with Crippen molar-refractivity contribution in [3.63, 3.8) is 0 Å². The number of hydrogen-bond acceptors (Lipinski definition) is 7. The maximum Gasteiger partial charge on any atom is 0.151 e. The molecule has 2 heterocycles. The molecule has 8 heteroatoms. The van der Waals surface area contributed by atoms with E-state index in [0.29, 0.717) is 0 Å². The van der Waals surface area contributed by atoms with Crippen LogP contribution in [-0.2, 0) is 0 Å². The Kier molecular flexibility index (Phi) is 3.97. The Balaban J connectivity index is 1.74. The molecule has 0 aliphatic carbocycles. The Morgan fingerprint density at radius 3 is 2.12 bits per heavy atom. The van der Waals surface area contributed by atoms with Gasteiger partial charge in [0.1, 0.15) is 15.6 Å². The lowest BCUT2D eigenvalue weighted by molar-refractivity contribution is 0.716. The van der Waals surface area contributed by atoms with Crippen LogP contribution in [0.2, 0.25) is 0 Å². The van der Waals surface area contributed by atoms with Gasteiger partial charge in [-0.1, -0.05) is 76.9 Å². The van der Waals surface area contributed by atoms with Gasteiger partial charge in [-0.15, -0.1) is 10.2 Å². The van der Waals surface area contributed by atoms with Gasteiger partial charge in [0, 0.05) is 11.1 Å². The normalized spacial score (nSPS) is 10.8. The summed E-state index contributed by atoms with van der Waals surface area (Å²) in [7, 11) is 0. The Bertz CT molecular complexity index is 949. The van der Waals surface area contributed by atoms with Crippen LogP contribution in [0.3, 0.4) is 0 Å². The highest BCUT2D eigenvalue weighted by molar-refractivity contribution is 8.01. The SMILES string of the molecule is Nn1nnc(-c2ccccc2)c1Sc1snnc1-c1ccccc1. The summed E-state index contributed by atoms with van der Waals surface area (Å²) < 4.78 is 5.04. The van der Waals surface area contributed by atoms with Crippen LogP contribution in [0.4, 0.5) is 0 Å². The van der Waals surface area contributed by atoms with Gasteiger partial charge in [-0.05, 0) is 16.7 Å². The van der Waals surface area contributed by atoms with Gasteiger partial charge in [0.2, 0.25) is 0 Å². The van der Waals surface area contributed by atoms with Crippen molar-refractivity contribution in [3.05, 3.63) is 60.7 Å². The minimum atomic E-state index is 0.746. The fraction of sp³-hybridized carbons (Fsp3) is 0. The standard InChI is InChI=1S/C16H12N6S2/c17-22-15(13(18-20-22)11-7-3-1-4-8-11)23-16-14(19-21-24-16)12-9-5-2-6-10-12/h1-10H,17H2. The zero-order valence-electron chi connectivity index (χ0n) is 12.4. The highest BCUT2D eigenvalue weighted by atomic mass is 32.2. The smallest absolute Gasteiger partial charge is 0.151 e. The molecule has 0 unspecified atom stereocenters. The molecule has 2 aromatic heterocycles. The molecule has 118 valence electrons. The average molecular weight is 352 g/mol. The van der Waals surface area contributed by atoms with Crippen LogP contribution in [0.15, 0.2) is 69.9 Å². The maximum atomic E-state index is 5.97. The second-order valence-electron chi connectivity index (χ2n) is 4.93. The first-order valence-corrected chi connectivity index (χ1v) is 8.74. The molecule has 0 fully saturated rings. The van der Waals surface area contributed by atoms with E-state index in [1.165, 1.54) is 28.1 Å². The molecular formula is C16H12N6S2. The number of hydrogen-bond donors (Lipinski definition) is 1. The van der Waals surface area contributed by atoms with Crippen molar-refractivity contribution in [1.82, 2.24) is 24.7 Å². The summed E-state index contributed by atoms with van der Waals surface area (Å²) in [4.78, 5) is 1.29. The summed E-state index contributed by atoms with van der Waals surface area (Å²) in [6.45, 7) is 0. The Morgan fingerprint density at radius 2 is 1.46 bits per heavy atom. The number of nitrogen functional groups attached to an aromatic ring is 1. The van der Waals surface area contributed by atoms with Gasteiger partial charge in [-0.25, -0.2) is 0 Å². The summed E-state index contributed by atoms with van der Waals surface area (Å²) >= 11 is 2.81. The van der Waals surface area contributed by atoms with Gasteiger partial charge in [-0.3, -0.25) is 0 Å². The zero-order valence-corrected chi connectivity index (χ0v) is 14.0. The van der Waals surface area contributed by atoms with E-state index in [1.807, 2.05) is 60.7 Å². The molecule has 4 rings (SSSR count). The minimum absolute atomic E-state index is 0.746. The number of benzene rings is 2. The van der Waals surface area contributed by atoms with Gasteiger partial charge in [0.05, 0.1) is 0 Å². The molecule has 0 saturated heterocycles. The van der Waals surface area contributed by atoms with Crippen molar-refractivity contribution in [1.29, 1.82) is 0 Å². The molecular weight excluding hydrogens is 340 g/mol. The maximum absolute atomic E-state index is 5.97. The molecule has 4 aromatic rings. The summed E-state index contributed by atoms with van der Waals surface area (Å²) in [5.74, 6) is 5.97. The monoisotopic (exact) mass is 352 g/mol. The van der Waals surface area contributed by atoms with Crippen molar-refractivity contribution in [2.75, 3.05) is 5.84 Å². The lowest BCUT2D eigenvalue weighted by atomic mass is 10.2. The van der Waals surface area contributed by atoms with Gasteiger partial charge in [0.15, 0.2) is 5.03 Å². The van der Waals surface area contributed by atoms with Crippen molar-refractivity contribution < 1.29 is 0 Å². The molecule has 0 saturated carbocycles. The first-order valence-electron chi connectivity index (χ1n) is 7.15. The third-order valence-electron chi connectivity index (χ3n) is 3.39. The zero-order chi connectivity index (χ0) is 16.4. The fourth-order valence-corrected chi connectivity index (χ4v) is 4.01. The minimum Gasteiger partial charge on any atom is -0.321 e. The van der Waals surface area contributed by atoms with E-state index < -0.39 is 0 Å². The molecule has 24 heavy (non-hydrogen) atoms. The van der Waals surface area contributed by atoms with Crippen LogP contribution in [0, 0.1) is 0 Å². The van der Waals surface area contributed by atoms with Gasteiger partial charge >= 0.3 is 0 Å². The van der Waals surface area contributed by atoms with E-state index in [2.05, 4.69) is 19.9 Å². The van der Waals surface area contributed by atoms with E-state index >= 15 is 0 Å². The first-order chi connectivity index (χ1) is 11.8. The third kappa shape index (κ3) is 2.77. The molecule has 0 bridgehead atoms. The van der Waals surface area contributed by atoms with E-state index in [4.69, 9.17) is 5.84 Å². The molecule has 0 spiro atoms. The van der Waals surface area contributed by atoms with E-state index in [-0.39, 0.29) is 0 Å². The van der Waals surface area contributed by atoms with Crippen molar-refractivity contribution in [2.24, 2.45) is 0 Å². The number of nitrogens with two attached hydrogens (primary N) is 1. The number of nitrogens with zero attached hydrogens (tertiary/aromatic N) is 5. The number of rotatable bonds is 4. The highest BCUT2D eigenvalue weighted by Gasteiger charge is 2.19. The second-order valence-corrected chi connectivity index (χ2v) is 6.94. The molecule has 0 amide bonds. The summed E-state index contributed by atoms with van der Waals surface area (Å²) in [6, 6.07) is 19.8. The van der Waals surface area contributed by atoms with Crippen LogP contribution in [0.5, 0.6) is 0 Å². The Hall–Kier alpha value is -2.71. The first kappa shape index (κ1) is 14.9. The quantitative estimate of drug-likeness (QED) is 0.567. The largest absolute Gasteiger partial charge is 0.321 e. The predicted octanol–water partition coefficient (Wildman–Crippen LogP) is 3.33. The van der Waals surface area contributed by atoms with Gasteiger partial charge in [0.25, 0.3) is 0 Å². The number of aromatic nitrogens is 5. The summed E-state index contributed by atoms with van der Waals surface area (Å²) in [5.41, 5.74) is 3.57. The predicted molar refractivity (Wildman–Crippen MR) is 95.1 cm³/mol. The van der Waals surface area contributed by atoms with E-state index in [1.54, 1.807) is 0 Å². The van der Waals surface area contributed by atoms with E-state index in [9.17, 15) is 0 Å². The Morgan fingerprint density at radius 1 is 0.833 bits per heavy atom. The molecule has 0 aliphatic rings. The summed E-state index contributed by atoms with van der Waals surface area (Å²) in [6.07, 6.45) is 0. The van der Waals surface area contributed by atoms with Gasteiger partial charge < -0.3 is 5.84 Å². The molecule has 2 aromatic carbocycles. The van der Waals surface area contributed by atoms with Crippen molar-refractivity contribution in [3.8, 4) is 22.5 Å². The lowest BCUT2D eigenvalue weighted by Gasteiger charge is -2.04. The average Bonchev–Trinajstić information content (AvgIpc) is 3.24. The van der Waals surface area contributed by atoms with Gasteiger partial charge in [-0.2, -0.15) is 4.79 Å². The van der Waals surface area contributed by atoms with Crippen molar-refractivity contribution >= 4 is 23.3 Å². The van der Waals surface area contributed by atoms with Crippen LogP contribution >= 0.6 is 23.3 Å². The topological polar surface area (TPSA) is 82.5 Å². The van der Waals surface area contributed by atoms with Crippen LogP contribution in [0.25, 0.3) is 22.5 Å². The fourth-order valence-electron chi connectivity index (χ4n) is 2.27. The second kappa shape index (κ2) is 6.42. The van der Waals surface area contributed by atoms with Crippen LogP contribution < -0.4 is 5.84 Å². The molecule has 2 N–H and O–H groups in total. The van der Waals surface area contributed by atoms with Crippen molar-refractivity contribution in [2.45, 2.75) is 9.24 Å². The van der Waals surface area contributed by atoms with E-state index in [0.717, 1.165) is 31.7 Å². The summed E-state index contributed by atoms with van der Waals surface area (Å²) in [5, 5.41) is 13.2. The third-order valence-corrected chi connectivity index (χ3v) is 5.34. The molecule has 0 aliphatic heterocycles. The van der Waals surface area contributed by atoms with Crippen LogP contribution in [-0.4, -0.2) is 24.7 Å².